The molecule has 15 heteroatoms. The van der Waals surface area contributed by atoms with Gasteiger partial charge in [0.25, 0.3) is 5.56 Å². The van der Waals surface area contributed by atoms with E-state index in [1.54, 1.807) is 31.2 Å². The lowest BCUT2D eigenvalue weighted by atomic mass is 9.98. The molecule has 0 saturated carbocycles. The molecule has 3 aromatic rings. The first-order chi connectivity index (χ1) is 20.5. The molecule has 13 nitrogen and oxygen atoms in total. The Hall–Kier alpha value is -3.39. The van der Waals surface area contributed by atoms with Crippen molar-refractivity contribution in [2.45, 2.75) is 63.6 Å². The summed E-state index contributed by atoms with van der Waals surface area (Å²) in [6.07, 6.45) is -4.26. The minimum absolute atomic E-state index is 0.0629. The lowest BCUT2D eigenvalue weighted by Gasteiger charge is -2.29. The summed E-state index contributed by atoms with van der Waals surface area (Å²) in [6, 6.07) is 12.9. The van der Waals surface area contributed by atoms with Crippen molar-refractivity contribution in [2.75, 3.05) is 19.8 Å². The van der Waals surface area contributed by atoms with Crippen molar-refractivity contribution in [3.8, 4) is 5.75 Å². The number of aromatic nitrogens is 2. The van der Waals surface area contributed by atoms with Gasteiger partial charge in [0.05, 0.1) is 25.9 Å². The Morgan fingerprint density at radius 2 is 1.91 bits per heavy atom. The summed E-state index contributed by atoms with van der Waals surface area (Å²) in [5, 5.41) is 4.32. The average molecular weight is 622 g/mol. The number of esters is 1. The molecule has 43 heavy (non-hydrogen) atoms. The monoisotopic (exact) mass is 621 g/mol. The summed E-state index contributed by atoms with van der Waals surface area (Å²) in [6.45, 7) is 4.44. The van der Waals surface area contributed by atoms with Crippen LogP contribution in [0.5, 0.6) is 5.75 Å². The summed E-state index contributed by atoms with van der Waals surface area (Å²) >= 11 is 0. The highest BCUT2D eigenvalue weighted by atomic mass is 31.2. The molecule has 2 aliphatic heterocycles. The third-order valence-electron chi connectivity index (χ3n) is 7.13. The van der Waals surface area contributed by atoms with Crippen LogP contribution >= 0.6 is 7.75 Å². The van der Waals surface area contributed by atoms with Gasteiger partial charge in [-0.2, -0.15) is 0 Å². The second kappa shape index (κ2) is 12.7. The molecule has 2 fully saturated rings. The summed E-state index contributed by atoms with van der Waals surface area (Å²) in [5.74, 6) is -0.474. The second-order valence-electron chi connectivity index (χ2n) is 10.3. The number of rotatable bonds is 11. The van der Waals surface area contributed by atoms with E-state index >= 15 is 4.39 Å². The van der Waals surface area contributed by atoms with Gasteiger partial charge in [-0.05, 0) is 25.3 Å². The van der Waals surface area contributed by atoms with Gasteiger partial charge in [0.2, 0.25) is 0 Å². The minimum atomic E-state index is -4.29. The lowest BCUT2D eigenvalue weighted by molar-refractivity contribution is -0.157. The molecule has 2 unspecified atom stereocenters. The Kier molecular flexibility index (Phi) is 9.16. The van der Waals surface area contributed by atoms with E-state index in [1.807, 2.05) is 23.2 Å². The number of hydrogen-bond donors (Lipinski definition) is 2. The van der Waals surface area contributed by atoms with E-state index in [2.05, 4.69) is 5.09 Å². The van der Waals surface area contributed by atoms with Crippen LogP contribution in [-0.2, 0) is 32.8 Å². The van der Waals surface area contributed by atoms with Crippen LogP contribution in [0.4, 0.5) is 4.39 Å². The van der Waals surface area contributed by atoms with Crippen molar-refractivity contribution in [3.63, 3.8) is 0 Å². The van der Waals surface area contributed by atoms with Gasteiger partial charge in [0, 0.05) is 24.1 Å². The maximum atomic E-state index is 16.4. The number of nitrogens with zero attached hydrogens (tertiary/aromatic N) is 1. The zero-order valence-corrected chi connectivity index (χ0v) is 24.7. The van der Waals surface area contributed by atoms with Gasteiger partial charge in [-0.25, -0.2) is 18.8 Å². The van der Waals surface area contributed by atoms with Crippen LogP contribution in [-0.4, -0.2) is 65.5 Å². The highest BCUT2D eigenvalue weighted by molar-refractivity contribution is 7.52. The van der Waals surface area contributed by atoms with Gasteiger partial charge >= 0.3 is 19.4 Å². The standard InChI is InChI=1S/C28H33FN3O10P/c1-4-23(34)41-24-21(40-26(28(24,3)29)32-13-12-22(33)30-27(32)35)16-39-43(36,31-17(2)25-37-14-15-38-25)42-20-11-7-9-18-8-5-6-10-19(18)20/h5-13,17,21,24-26H,4,14-16H2,1-3H3,(H,31,36)(H,30,33,35)/t17?,21-,24-,26-,28-,43?/m1/s1. The molecule has 3 heterocycles. The van der Waals surface area contributed by atoms with E-state index in [1.165, 1.54) is 6.92 Å². The van der Waals surface area contributed by atoms with Crippen molar-refractivity contribution in [3.05, 3.63) is 75.6 Å². The van der Waals surface area contributed by atoms with E-state index in [4.69, 9.17) is 28.0 Å². The topological polar surface area (TPSA) is 156 Å². The fourth-order valence-corrected chi connectivity index (χ4v) is 6.57. The van der Waals surface area contributed by atoms with Gasteiger partial charge < -0.3 is 23.5 Å². The molecule has 232 valence electrons. The Balaban J connectivity index is 1.45. The second-order valence-corrected chi connectivity index (χ2v) is 12.0. The average Bonchev–Trinajstić information content (AvgIpc) is 3.60. The molecule has 0 aliphatic carbocycles. The fraction of sp³-hybridized carbons (Fsp3) is 0.464. The van der Waals surface area contributed by atoms with Crippen molar-refractivity contribution in [1.82, 2.24) is 14.6 Å². The first-order valence-corrected chi connectivity index (χ1v) is 15.3. The van der Waals surface area contributed by atoms with Crippen LogP contribution in [0.15, 0.2) is 64.3 Å². The maximum Gasteiger partial charge on any atom is 0.459 e. The van der Waals surface area contributed by atoms with Crippen molar-refractivity contribution in [1.29, 1.82) is 0 Å². The van der Waals surface area contributed by atoms with Crippen LogP contribution in [0.3, 0.4) is 0 Å². The van der Waals surface area contributed by atoms with Crippen LogP contribution in [0.2, 0.25) is 0 Å². The number of benzene rings is 2. The van der Waals surface area contributed by atoms with Gasteiger partial charge in [-0.1, -0.05) is 43.3 Å². The number of alkyl halides is 1. The predicted octanol–water partition coefficient (Wildman–Crippen LogP) is 3.19. The molecule has 0 radical (unpaired) electrons. The van der Waals surface area contributed by atoms with E-state index < -0.39 is 68.0 Å². The number of aromatic amines is 1. The fourth-order valence-electron chi connectivity index (χ4n) is 5.01. The minimum Gasteiger partial charge on any atom is -0.456 e. The van der Waals surface area contributed by atoms with Gasteiger partial charge in [-0.15, -0.1) is 0 Å². The van der Waals surface area contributed by atoms with Gasteiger partial charge in [0.15, 0.2) is 24.3 Å². The van der Waals surface area contributed by atoms with Gasteiger partial charge in [0.1, 0.15) is 11.9 Å². The Morgan fingerprint density at radius 3 is 2.63 bits per heavy atom. The van der Waals surface area contributed by atoms with Crippen LogP contribution < -0.4 is 20.9 Å². The number of nitrogens with one attached hydrogen (secondary N) is 2. The summed E-state index contributed by atoms with van der Waals surface area (Å²) in [7, 11) is -4.29. The molecule has 0 amide bonds. The summed E-state index contributed by atoms with van der Waals surface area (Å²) < 4.78 is 65.7. The highest BCUT2D eigenvalue weighted by Gasteiger charge is 2.58. The third-order valence-corrected chi connectivity index (χ3v) is 8.78. The molecule has 6 atom stereocenters. The Bertz CT molecular complexity index is 1620. The number of carbonyl (C=O) groups excluding carboxylic acids is 1. The number of halogens is 1. The first kappa shape index (κ1) is 31.0. The molecule has 2 aromatic carbocycles. The maximum absolute atomic E-state index is 16.4. The normalized spacial score (nSPS) is 26.3. The largest absolute Gasteiger partial charge is 0.459 e. The smallest absolute Gasteiger partial charge is 0.456 e. The van der Waals surface area contributed by atoms with Crippen LogP contribution in [0.1, 0.15) is 33.4 Å². The molecule has 1 aromatic heterocycles. The van der Waals surface area contributed by atoms with E-state index in [9.17, 15) is 18.9 Å². The number of carbonyl (C=O) groups is 1. The molecule has 5 rings (SSSR count). The Morgan fingerprint density at radius 1 is 1.19 bits per heavy atom. The molecule has 2 saturated heterocycles. The van der Waals surface area contributed by atoms with Crippen molar-refractivity contribution < 1.29 is 41.7 Å². The third kappa shape index (κ3) is 6.74. The lowest BCUT2D eigenvalue weighted by Crippen LogP contribution is -2.46. The zero-order valence-electron chi connectivity index (χ0n) is 23.8. The number of H-pyrrole nitrogens is 1. The molecular weight excluding hydrogens is 588 g/mol. The number of fused-ring (bicyclic) bond motifs is 1. The quantitative estimate of drug-likeness (QED) is 0.239. The number of ether oxygens (including phenoxy) is 4. The summed E-state index contributed by atoms with van der Waals surface area (Å²) in [4.78, 5) is 38.4. The first-order valence-electron chi connectivity index (χ1n) is 13.8. The van der Waals surface area contributed by atoms with E-state index in [-0.39, 0.29) is 12.2 Å². The van der Waals surface area contributed by atoms with Crippen molar-refractivity contribution >= 4 is 24.5 Å². The van der Waals surface area contributed by atoms with E-state index in [0.717, 1.165) is 29.1 Å². The molecular formula is C28H33FN3O10P. The Labute approximate surface area is 245 Å². The number of hydrogen-bond acceptors (Lipinski definition) is 10. The zero-order chi connectivity index (χ0) is 30.8. The van der Waals surface area contributed by atoms with Crippen LogP contribution in [0.25, 0.3) is 10.8 Å². The van der Waals surface area contributed by atoms with Gasteiger partial charge in [-0.3, -0.25) is 23.7 Å². The molecule has 2 N–H and O–H groups in total. The highest BCUT2D eigenvalue weighted by Crippen LogP contribution is 2.49. The molecule has 0 bridgehead atoms. The van der Waals surface area contributed by atoms with Crippen molar-refractivity contribution in [2.24, 2.45) is 0 Å². The predicted molar refractivity (Wildman–Crippen MR) is 151 cm³/mol. The van der Waals surface area contributed by atoms with Crippen LogP contribution in [0, 0.1) is 0 Å². The molecule has 0 spiro atoms. The molecule has 2 aliphatic rings. The van der Waals surface area contributed by atoms with E-state index in [0.29, 0.717) is 18.6 Å². The SMILES string of the molecule is CCC(=O)O[C@@H]1[C@@H](COP(=O)(NC(C)C2OCCO2)Oc2cccc3ccccc23)O[C@@H](n2ccc(=O)[nH]c2=O)[C@]1(C)F. The summed E-state index contributed by atoms with van der Waals surface area (Å²) in [5.41, 5.74) is -4.08.